The second kappa shape index (κ2) is 8.25. The summed E-state index contributed by atoms with van der Waals surface area (Å²) in [6, 6.07) is 12.8. The van der Waals surface area contributed by atoms with E-state index >= 15 is 0 Å². The molecule has 0 saturated heterocycles. The third-order valence-corrected chi connectivity index (χ3v) is 4.74. The molecule has 0 radical (unpaired) electrons. The Balaban J connectivity index is 2.07. The number of amides is 1. The number of benzene rings is 2. The molecule has 3 aromatic rings. The molecular weight excluding hydrogens is 465 g/mol. The first-order valence-corrected chi connectivity index (χ1v) is 9.98. The molecule has 2 aromatic carbocycles. The maximum absolute atomic E-state index is 12.5. The molecule has 0 saturated carbocycles. The highest BCUT2D eigenvalue weighted by Crippen LogP contribution is 2.32. The van der Waals surface area contributed by atoms with Gasteiger partial charge in [0.05, 0.1) is 10.6 Å². The summed E-state index contributed by atoms with van der Waals surface area (Å²) in [6.07, 6.45) is 1.64. The third kappa shape index (κ3) is 4.94. The molecule has 0 aliphatic heterocycles. The van der Waals surface area contributed by atoms with Gasteiger partial charge in [-0.3, -0.25) is 14.2 Å². The molecule has 0 bridgehead atoms. The number of hydrogen-bond donors (Lipinski definition) is 1. The number of nitrogens with zero attached hydrogens (tertiary/aromatic N) is 2. The summed E-state index contributed by atoms with van der Waals surface area (Å²) < 4.78 is 2.74. The molecule has 1 N–H and O–H groups in total. The normalized spacial score (nSPS) is 11.5. The maximum Gasteiger partial charge on any atom is 0.295 e. The van der Waals surface area contributed by atoms with Crippen LogP contribution in [0.15, 0.2) is 53.1 Å². The van der Waals surface area contributed by atoms with Gasteiger partial charge in [-0.2, -0.15) is 0 Å². The Labute approximate surface area is 181 Å². The van der Waals surface area contributed by atoms with E-state index in [-0.39, 0.29) is 5.69 Å². The van der Waals surface area contributed by atoms with Gasteiger partial charge in [-0.15, -0.1) is 0 Å². The Morgan fingerprint density at radius 1 is 1.14 bits per heavy atom. The van der Waals surface area contributed by atoms with E-state index in [1.54, 1.807) is 29.0 Å². The van der Waals surface area contributed by atoms with Crippen molar-refractivity contribution < 1.29 is 9.63 Å². The SMILES string of the molecule is CC(C)(C)ONC(=O)c1cn(-c2ccc(Br)cc2)c(-c2ccc(Cl)cc2Cl)n1. The number of imidazole rings is 1. The van der Waals surface area contributed by atoms with E-state index in [0.29, 0.717) is 21.4 Å². The highest BCUT2D eigenvalue weighted by Gasteiger charge is 2.20. The smallest absolute Gasteiger partial charge is 0.295 e. The van der Waals surface area contributed by atoms with Gasteiger partial charge in [-0.05, 0) is 63.2 Å². The topological polar surface area (TPSA) is 56.1 Å². The average Bonchev–Trinajstić information content (AvgIpc) is 3.05. The minimum atomic E-state index is -0.522. The zero-order chi connectivity index (χ0) is 20.5. The predicted molar refractivity (Wildman–Crippen MR) is 115 cm³/mol. The Morgan fingerprint density at radius 2 is 1.82 bits per heavy atom. The zero-order valence-electron chi connectivity index (χ0n) is 15.5. The predicted octanol–water partition coefficient (Wildman–Crippen LogP) is 6.07. The van der Waals surface area contributed by atoms with Gasteiger partial charge in [0.25, 0.3) is 5.91 Å². The molecule has 0 atom stereocenters. The number of halogens is 3. The average molecular weight is 483 g/mol. The molecule has 1 amide bonds. The molecule has 3 rings (SSSR count). The molecule has 5 nitrogen and oxygen atoms in total. The van der Waals surface area contributed by atoms with Crippen molar-refractivity contribution in [2.45, 2.75) is 26.4 Å². The molecule has 0 aliphatic carbocycles. The van der Waals surface area contributed by atoms with Crippen LogP contribution in [0.2, 0.25) is 10.0 Å². The molecule has 1 aromatic heterocycles. The molecule has 8 heteroatoms. The summed E-state index contributed by atoms with van der Waals surface area (Å²) in [7, 11) is 0. The number of hydrogen-bond acceptors (Lipinski definition) is 3. The van der Waals surface area contributed by atoms with E-state index in [1.807, 2.05) is 45.0 Å². The van der Waals surface area contributed by atoms with Crippen molar-refractivity contribution in [3.8, 4) is 17.1 Å². The standard InChI is InChI=1S/C20H18BrCl2N3O2/c1-20(2,3)28-25-19(27)17-11-26(14-7-4-12(21)5-8-14)18(24-17)15-9-6-13(22)10-16(15)23/h4-11H,1-3H3,(H,25,27). The molecule has 28 heavy (non-hydrogen) atoms. The Bertz CT molecular complexity index is 1010. The van der Waals surface area contributed by atoms with E-state index in [1.165, 1.54) is 0 Å². The fourth-order valence-corrected chi connectivity index (χ4v) is 3.16. The lowest BCUT2D eigenvalue weighted by atomic mass is 10.2. The second-order valence-corrected chi connectivity index (χ2v) is 8.83. The number of hydroxylamine groups is 1. The molecule has 1 heterocycles. The second-order valence-electron chi connectivity index (χ2n) is 7.07. The summed E-state index contributed by atoms with van der Waals surface area (Å²) >= 11 is 15.8. The van der Waals surface area contributed by atoms with Crippen molar-refractivity contribution >= 4 is 45.0 Å². The van der Waals surface area contributed by atoms with Gasteiger partial charge in [-0.25, -0.2) is 10.5 Å². The van der Waals surface area contributed by atoms with Crippen molar-refractivity contribution in [1.82, 2.24) is 15.0 Å². The van der Waals surface area contributed by atoms with Crippen LogP contribution >= 0.6 is 39.1 Å². The molecule has 0 spiro atoms. The fraction of sp³-hybridized carbons (Fsp3) is 0.200. The lowest BCUT2D eigenvalue weighted by Crippen LogP contribution is -2.33. The van der Waals surface area contributed by atoms with Crippen molar-refractivity contribution in [2.24, 2.45) is 0 Å². The van der Waals surface area contributed by atoms with Crippen LogP contribution in [0.1, 0.15) is 31.3 Å². The van der Waals surface area contributed by atoms with E-state index in [4.69, 9.17) is 28.0 Å². The van der Waals surface area contributed by atoms with Crippen LogP contribution in [0, 0.1) is 0 Å². The third-order valence-electron chi connectivity index (χ3n) is 3.67. The first-order chi connectivity index (χ1) is 13.1. The number of nitrogens with one attached hydrogen (secondary N) is 1. The molecule has 0 unspecified atom stereocenters. The summed E-state index contributed by atoms with van der Waals surface area (Å²) in [5, 5.41) is 0.960. The number of aromatic nitrogens is 2. The van der Waals surface area contributed by atoms with Crippen molar-refractivity contribution in [2.75, 3.05) is 0 Å². The molecule has 146 valence electrons. The van der Waals surface area contributed by atoms with E-state index in [0.717, 1.165) is 10.2 Å². The maximum atomic E-state index is 12.5. The van der Waals surface area contributed by atoms with Gasteiger partial charge in [0.15, 0.2) is 0 Å². The van der Waals surface area contributed by atoms with E-state index in [2.05, 4.69) is 26.4 Å². The molecule has 0 fully saturated rings. The number of carbonyl (C=O) groups excluding carboxylic acids is 1. The largest absolute Gasteiger partial charge is 0.299 e. The Kier molecular flexibility index (Phi) is 6.15. The van der Waals surface area contributed by atoms with Crippen LogP contribution < -0.4 is 5.48 Å². The summed E-state index contributed by atoms with van der Waals surface area (Å²) in [4.78, 5) is 22.4. The Hall–Kier alpha value is -1.86. The summed E-state index contributed by atoms with van der Waals surface area (Å²) in [5.41, 5.74) is 3.60. The van der Waals surface area contributed by atoms with Gasteiger partial charge in [0, 0.05) is 26.9 Å². The number of carbonyl (C=O) groups is 1. The molecule has 0 aliphatic rings. The van der Waals surface area contributed by atoms with Crippen LogP contribution in [-0.4, -0.2) is 21.1 Å². The zero-order valence-corrected chi connectivity index (χ0v) is 18.6. The first kappa shape index (κ1) is 20.9. The van der Waals surface area contributed by atoms with Crippen molar-refractivity contribution in [1.29, 1.82) is 0 Å². The van der Waals surface area contributed by atoms with Crippen molar-refractivity contribution in [3.63, 3.8) is 0 Å². The van der Waals surface area contributed by atoms with E-state index in [9.17, 15) is 4.79 Å². The number of rotatable bonds is 4. The van der Waals surface area contributed by atoms with Crippen LogP contribution in [0.3, 0.4) is 0 Å². The van der Waals surface area contributed by atoms with Crippen LogP contribution in [0.4, 0.5) is 0 Å². The van der Waals surface area contributed by atoms with Gasteiger partial charge in [0.2, 0.25) is 0 Å². The lowest BCUT2D eigenvalue weighted by molar-refractivity contribution is -0.0591. The monoisotopic (exact) mass is 481 g/mol. The van der Waals surface area contributed by atoms with Crippen molar-refractivity contribution in [3.05, 3.63) is 68.9 Å². The van der Waals surface area contributed by atoms with Gasteiger partial charge in [-0.1, -0.05) is 39.1 Å². The van der Waals surface area contributed by atoms with E-state index < -0.39 is 11.5 Å². The first-order valence-electron chi connectivity index (χ1n) is 8.43. The fourth-order valence-electron chi connectivity index (χ4n) is 2.40. The van der Waals surface area contributed by atoms with Crippen LogP contribution in [0.25, 0.3) is 17.1 Å². The van der Waals surface area contributed by atoms with Crippen LogP contribution in [-0.2, 0) is 4.84 Å². The highest BCUT2D eigenvalue weighted by atomic mass is 79.9. The quantitative estimate of drug-likeness (QED) is 0.459. The van der Waals surface area contributed by atoms with Crippen LogP contribution in [0.5, 0.6) is 0 Å². The van der Waals surface area contributed by atoms with Gasteiger partial charge in [0.1, 0.15) is 11.5 Å². The summed E-state index contributed by atoms with van der Waals surface area (Å²) in [6.45, 7) is 5.52. The summed E-state index contributed by atoms with van der Waals surface area (Å²) in [5.74, 6) is 0.0713. The highest BCUT2D eigenvalue weighted by molar-refractivity contribution is 9.10. The van der Waals surface area contributed by atoms with Gasteiger partial charge < -0.3 is 0 Å². The Morgan fingerprint density at radius 3 is 2.43 bits per heavy atom. The minimum Gasteiger partial charge on any atom is -0.299 e. The minimum absolute atomic E-state index is 0.202. The molecular formula is C20H18BrCl2N3O2. The lowest BCUT2D eigenvalue weighted by Gasteiger charge is -2.18. The van der Waals surface area contributed by atoms with Gasteiger partial charge >= 0.3 is 0 Å².